The van der Waals surface area contributed by atoms with E-state index in [4.69, 9.17) is 0 Å². The van der Waals surface area contributed by atoms with Crippen LogP contribution in [0.15, 0.2) is 37.1 Å². The van der Waals surface area contributed by atoms with Gasteiger partial charge < -0.3 is 10.2 Å². The van der Waals surface area contributed by atoms with Crippen molar-refractivity contribution >= 4 is 17.3 Å². The zero-order valence-corrected chi connectivity index (χ0v) is 12.3. The fourth-order valence-corrected chi connectivity index (χ4v) is 2.67. The van der Waals surface area contributed by atoms with Gasteiger partial charge in [0.25, 0.3) is 11.8 Å². The molecule has 6 heteroatoms. The van der Waals surface area contributed by atoms with Crippen molar-refractivity contribution in [3.8, 4) is 0 Å². The number of hydrogen-bond donors (Lipinski definition) is 1. The topological polar surface area (TPSA) is 66.7 Å². The molecule has 1 fully saturated rings. The molecule has 2 amide bonds. The normalized spacial score (nSPS) is 14.3. The molecule has 1 aliphatic rings. The van der Waals surface area contributed by atoms with Gasteiger partial charge >= 0.3 is 0 Å². The first kappa shape index (κ1) is 14.3. The summed E-state index contributed by atoms with van der Waals surface area (Å²) in [7, 11) is 0. The summed E-state index contributed by atoms with van der Waals surface area (Å²) in [4.78, 5) is 30.9. The van der Waals surface area contributed by atoms with Gasteiger partial charge in [0.2, 0.25) is 5.82 Å². The van der Waals surface area contributed by atoms with Gasteiger partial charge in [0.15, 0.2) is 5.69 Å². The van der Waals surface area contributed by atoms with Crippen LogP contribution < -0.4 is 5.32 Å². The molecule has 0 aliphatic carbocycles. The van der Waals surface area contributed by atoms with E-state index in [2.05, 4.69) is 16.9 Å². The minimum absolute atomic E-state index is 0.124. The number of pyridine rings is 1. The predicted octanol–water partition coefficient (Wildman–Crippen LogP) is 1.49. The number of carbonyl (C=O) groups is 2. The standard InChI is InChI=1S/C16H18N4O2/c1-2-8-17-15(21)13-12-7-3-4-11-20(12)14(18-13)16(22)19-9-5-6-10-19/h2-4,7,11H,1,5-6,8-10H2,(H,17,21). The summed E-state index contributed by atoms with van der Waals surface area (Å²) in [6.45, 7) is 5.43. The molecule has 0 aromatic carbocycles. The van der Waals surface area contributed by atoms with Crippen LogP contribution in [0.4, 0.5) is 0 Å². The molecule has 3 heterocycles. The largest absolute Gasteiger partial charge is 0.347 e. The minimum atomic E-state index is -0.302. The van der Waals surface area contributed by atoms with Crippen molar-refractivity contribution in [3.63, 3.8) is 0 Å². The lowest BCUT2D eigenvalue weighted by Gasteiger charge is -2.13. The van der Waals surface area contributed by atoms with Gasteiger partial charge in [-0.2, -0.15) is 0 Å². The SMILES string of the molecule is C=CCNC(=O)c1nc(C(=O)N2CCCC2)n2ccccc12. The van der Waals surface area contributed by atoms with Gasteiger partial charge in [-0.15, -0.1) is 6.58 Å². The fourth-order valence-electron chi connectivity index (χ4n) is 2.67. The van der Waals surface area contributed by atoms with E-state index in [1.54, 1.807) is 27.6 Å². The molecule has 6 nitrogen and oxygen atoms in total. The van der Waals surface area contributed by atoms with Crippen molar-refractivity contribution in [2.75, 3.05) is 19.6 Å². The van der Waals surface area contributed by atoms with E-state index >= 15 is 0 Å². The van der Waals surface area contributed by atoms with Gasteiger partial charge in [-0.25, -0.2) is 4.98 Å². The van der Waals surface area contributed by atoms with Crippen LogP contribution in [-0.4, -0.2) is 45.7 Å². The maximum atomic E-state index is 12.6. The van der Waals surface area contributed by atoms with Gasteiger partial charge in [0, 0.05) is 25.8 Å². The Morgan fingerprint density at radius 1 is 1.32 bits per heavy atom. The lowest BCUT2D eigenvalue weighted by atomic mass is 10.3. The van der Waals surface area contributed by atoms with E-state index in [0.29, 0.717) is 17.9 Å². The first-order chi connectivity index (χ1) is 10.7. The van der Waals surface area contributed by atoms with Crippen LogP contribution in [0.2, 0.25) is 0 Å². The number of nitrogens with zero attached hydrogens (tertiary/aromatic N) is 3. The van der Waals surface area contributed by atoms with Crippen molar-refractivity contribution < 1.29 is 9.59 Å². The van der Waals surface area contributed by atoms with Crippen LogP contribution in [0.5, 0.6) is 0 Å². The quantitative estimate of drug-likeness (QED) is 0.870. The Bertz CT molecular complexity index is 729. The molecule has 1 N–H and O–H groups in total. The predicted molar refractivity (Wildman–Crippen MR) is 82.9 cm³/mol. The molecule has 1 aliphatic heterocycles. The second-order valence-electron chi connectivity index (χ2n) is 5.24. The van der Waals surface area contributed by atoms with Gasteiger partial charge in [-0.05, 0) is 25.0 Å². The second kappa shape index (κ2) is 6.01. The third-order valence-electron chi connectivity index (χ3n) is 3.75. The lowest BCUT2D eigenvalue weighted by Crippen LogP contribution is -2.29. The molecule has 1 saturated heterocycles. The number of aromatic nitrogens is 2. The zero-order valence-electron chi connectivity index (χ0n) is 12.3. The fraction of sp³-hybridized carbons (Fsp3) is 0.312. The second-order valence-corrected chi connectivity index (χ2v) is 5.24. The Morgan fingerprint density at radius 3 is 2.82 bits per heavy atom. The van der Waals surface area contributed by atoms with E-state index in [9.17, 15) is 9.59 Å². The Labute approximate surface area is 128 Å². The number of nitrogens with one attached hydrogen (secondary N) is 1. The molecule has 22 heavy (non-hydrogen) atoms. The number of likely N-dealkylation sites (tertiary alicyclic amines) is 1. The highest BCUT2D eigenvalue weighted by Gasteiger charge is 2.26. The highest BCUT2D eigenvalue weighted by Crippen LogP contribution is 2.17. The van der Waals surface area contributed by atoms with Gasteiger partial charge in [-0.1, -0.05) is 12.1 Å². The number of carbonyl (C=O) groups excluding carboxylic acids is 2. The average Bonchev–Trinajstić information content (AvgIpc) is 3.19. The molecule has 0 bridgehead atoms. The molecule has 2 aromatic heterocycles. The van der Waals surface area contributed by atoms with Crippen molar-refractivity contribution in [1.29, 1.82) is 0 Å². The monoisotopic (exact) mass is 298 g/mol. The number of hydrogen-bond acceptors (Lipinski definition) is 3. The van der Waals surface area contributed by atoms with Crippen LogP contribution in [0.25, 0.3) is 5.52 Å². The number of rotatable bonds is 4. The van der Waals surface area contributed by atoms with Gasteiger partial charge in [-0.3, -0.25) is 14.0 Å². The molecule has 0 spiro atoms. The summed E-state index contributed by atoms with van der Waals surface area (Å²) < 4.78 is 1.68. The molecular weight excluding hydrogens is 280 g/mol. The van der Waals surface area contributed by atoms with Gasteiger partial charge in [0.05, 0.1) is 5.52 Å². The Morgan fingerprint density at radius 2 is 2.09 bits per heavy atom. The summed E-state index contributed by atoms with van der Waals surface area (Å²) in [5.41, 5.74) is 0.900. The molecule has 2 aromatic rings. The third kappa shape index (κ3) is 2.47. The van der Waals surface area contributed by atoms with Crippen LogP contribution in [0.3, 0.4) is 0 Å². The smallest absolute Gasteiger partial charge is 0.290 e. The van der Waals surface area contributed by atoms with Crippen molar-refractivity contribution in [2.45, 2.75) is 12.8 Å². The van der Waals surface area contributed by atoms with Gasteiger partial charge in [0.1, 0.15) is 0 Å². The zero-order chi connectivity index (χ0) is 15.5. The lowest BCUT2D eigenvalue weighted by molar-refractivity contribution is 0.0780. The van der Waals surface area contributed by atoms with Crippen molar-refractivity contribution in [3.05, 3.63) is 48.6 Å². The summed E-state index contributed by atoms with van der Waals surface area (Å²) in [6, 6.07) is 5.43. The maximum absolute atomic E-state index is 12.6. The van der Waals surface area contributed by atoms with E-state index in [-0.39, 0.29) is 17.5 Å². The van der Waals surface area contributed by atoms with E-state index in [1.165, 1.54) is 0 Å². The first-order valence-corrected chi connectivity index (χ1v) is 7.38. The highest BCUT2D eigenvalue weighted by molar-refractivity contribution is 6.02. The van der Waals surface area contributed by atoms with Crippen LogP contribution >= 0.6 is 0 Å². The van der Waals surface area contributed by atoms with Crippen LogP contribution in [0, 0.1) is 0 Å². The summed E-state index contributed by atoms with van der Waals surface area (Å²) in [6.07, 6.45) is 5.39. The third-order valence-corrected chi connectivity index (χ3v) is 3.75. The number of amides is 2. The first-order valence-electron chi connectivity index (χ1n) is 7.38. The summed E-state index contributed by atoms with van der Waals surface area (Å²) in [5, 5.41) is 2.70. The minimum Gasteiger partial charge on any atom is -0.347 e. The molecule has 0 atom stereocenters. The maximum Gasteiger partial charge on any atom is 0.290 e. The molecule has 114 valence electrons. The van der Waals surface area contributed by atoms with E-state index < -0.39 is 0 Å². The molecule has 0 unspecified atom stereocenters. The van der Waals surface area contributed by atoms with Crippen molar-refractivity contribution in [1.82, 2.24) is 19.6 Å². The van der Waals surface area contributed by atoms with Crippen molar-refractivity contribution in [2.24, 2.45) is 0 Å². The Hall–Kier alpha value is -2.63. The Balaban J connectivity index is 2.01. The average molecular weight is 298 g/mol. The number of fused-ring (bicyclic) bond motifs is 1. The molecule has 0 saturated carbocycles. The summed E-state index contributed by atoms with van der Waals surface area (Å²) >= 11 is 0. The summed E-state index contributed by atoms with van der Waals surface area (Å²) in [5.74, 6) is -0.133. The van der Waals surface area contributed by atoms with Crippen LogP contribution in [-0.2, 0) is 0 Å². The molecular formula is C16H18N4O2. The van der Waals surface area contributed by atoms with E-state index in [1.807, 2.05) is 12.1 Å². The molecule has 0 radical (unpaired) electrons. The molecule has 3 rings (SSSR count). The Kier molecular flexibility index (Phi) is 3.91. The highest BCUT2D eigenvalue weighted by atomic mass is 16.2. The van der Waals surface area contributed by atoms with E-state index in [0.717, 1.165) is 25.9 Å². The number of imidazole rings is 1. The van der Waals surface area contributed by atoms with Crippen LogP contribution in [0.1, 0.15) is 33.9 Å².